The van der Waals surface area contributed by atoms with Crippen LogP contribution >= 0.6 is 15.9 Å². The number of H-pyrrole nitrogens is 1. The molecule has 0 radical (unpaired) electrons. The Balaban J connectivity index is 1.61. The summed E-state index contributed by atoms with van der Waals surface area (Å²) in [6, 6.07) is 6.35. The van der Waals surface area contributed by atoms with Gasteiger partial charge in [-0.15, -0.1) is 0 Å². The number of halogens is 2. The first kappa shape index (κ1) is 22.3. The molecule has 1 aliphatic heterocycles. The molecule has 1 amide bonds. The fourth-order valence-electron chi connectivity index (χ4n) is 4.49. The predicted molar refractivity (Wildman–Crippen MR) is 126 cm³/mol. The molecule has 1 N–H and O–H groups in total. The topological polar surface area (TPSA) is 98.2 Å². The number of hydrogen-bond acceptors (Lipinski definition) is 6. The summed E-state index contributed by atoms with van der Waals surface area (Å²) in [7, 11) is 3.05. The van der Waals surface area contributed by atoms with Crippen molar-refractivity contribution in [2.45, 2.75) is 25.3 Å². The van der Waals surface area contributed by atoms with Gasteiger partial charge in [-0.05, 0) is 47.8 Å². The Labute approximate surface area is 203 Å². The third kappa shape index (κ3) is 3.51. The van der Waals surface area contributed by atoms with Crippen molar-refractivity contribution in [1.29, 1.82) is 0 Å². The van der Waals surface area contributed by atoms with Gasteiger partial charge in [0.15, 0.2) is 11.5 Å². The van der Waals surface area contributed by atoms with E-state index in [0.717, 1.165) is 6.42 Å². The smallest absolute Gasteiger partial charge is 0.257 e. The summed E-state index contributed by atoms with van der Waals surface area (Å²) in [6.45, 7) is 2.50. The molecule has 34 heavy (non-hydrogen) atoms. The highest BCUT2D eigenvalue weighted by atomic mass is 79.9. The van der Waals surface area contributed by atoms with Crippen molar-refractivity contribution in [2.75, 3.05) is 20.8 Å². The van der Waals surface area contributed by atoms with Crippen LogP contribution in [0.1, 0.15) is 35.9 Å². The van der Waals surface area contributed by atoms with E-state index in [1.165, 1.54) is 37.5 Å². The quantitative estimate of drug-likeness (QED) is 0.416. The molecule has 0 saturated carbocycles. The van der Waals surface area contributed by atoms with E-state index in [2.05, 4.69) is 31.1 Å². The number of nitrogens with zero attached hydrogens (tertiary/aromatic N) is 5. The summed E-state index contributed by atoms with van der Waals surface area (Å²) in [6.07, 6.45) is 4.57. The van der Waals surface area contributed by atoms with E-state index in [4.69, 9.17) is 14.5 Å². The van der Waals surface area contributed by atoms with Gasteiger partial charge in [0.1, 0.15) is 17.3 Å². The SMILES string of the molecule is COc1cc(C(=O)N2CCCC2(C)c2nc3cc(Br)c(F)cc3[nH]2)c(-n2nccn2)cc1OC. The number of carbonyl (C=O) groups excluding carboxylic acids is 1. The number of imidazole rings is 1. The molecule has 1 aliphatic rings. The summed E-state index contributed by atoms with van der Waals surface area (Å²) in [5.41, 5.74) is 1.31. The summed E-state index contributed by atoms with van der Waals surface area (Å²) in [5, 5.41) is 8.41. The molecule has 11 heteroatoms. The van der Waals surface area contributed by atoms with Crippen LogP contribution in [0.3, 0.4) is 0 Å². The Morgan fingerprint density at radius 3 is 2.56 bits per heavy atom. The first-order valence-corrected chi connectivity index (χ1v) is 11.4. The highest BCUT2D eigenvalue weighted by Gasteiger charge is 2.44. The minimum Gasteiger partial charge on any atom is -0.493 e. The van der Waals surface area contributed by atoms with Crippen LogP contribution in [0, 0.1) is 5.82 Å². The number of rotatable bonds is 5. The van der Waals surface area contributed by atoms with E-state index < -0.39 is 5.54 Å². The third-order valence-electron chi connectivity index (χ3n) is 6.29. The highest BCUT2D eigenvalue weighted by molar-refractivity contribution is 9.10. The number of nitrogens with one attached hydrogen (secondary N) is 1. The maximum Gasteiger partial charge on any atom is 0.257 e. The fraction of sp³-hybridized carbons (Fsp3) is 0.304. The second kappa shape index (κ2) is 8.39. The normalized spacial score (nSPS) is 18.0. The molecular weight excluding hydrogens is 507 g/mol. The van der Waals surface area contributed by atoms with Crippen LogP contribution in [0.4, 0.5) is 4.39 Å². The van der Waals surface area contributed by atoms with E-state index in [0.29, 0.717) is 57.0 Å². The number of hydrogen-bond donors (Lipinski definition) is 1. The lowest BCUT2D eigenvalue weighted by Crippen LogP contribution is -2.44. The number of likely N-dealkylation sites (tertiary alicyclic amines) is 1. The van der Waals surface area contributed by atoms with Crippen molar-refractivity contribution in [3.05, 3.63) is 58.3 Å². The lowest BCUT2D eigenvalue weighted by Gasteiger charge is -2.34. The number of benzene rings is 2. The number of fused-ring (bicyclic) bond motifs is 1. The van der Waals surface area contributed by atoms with E-state index in [1.807, 2.05) is 6.92 Å². The summed E-state index contributed by atoms with van der Waals surface area (Å²) >= 11 is 3.21. The molecule has 0 spiro atoms. The van der Waals surface area contributed by atoms with Crippen molar-refractivity contribution >= 4 is 32.9 Å². The monoisotopic (exact) mass is 528 g/mol. The molecule has 2 aromatic heterocycles. The van der Waals surface area contributed by atoms with Crippen LogP contribution in [0.25, 0.3) is 16.7 Å². The summed E-state index contributed by atoms with van der Waals surface area (Å²) < 4.78 is 25.3. The summed E-state index contributed by atoms with van der Waals surface area (Å²) in [5.74, 6) is 0.882. The average Bonchev–Trinajstić information content (AvgIpc) is 3.58. The molecule has 5 rings (SSSR count). The molecule has 0 aliphatic carbocycles. The number of aromatic nitrogens is 5. The van der Waals surface area contributed by atoms with Crippen molar-refractivity contribution in [1.82, 2.24) is 29.9 Å². The van der Waals surface area contributed by atoms with Crippen LogP contribution in [-0.2, 0) is 5.54 Å². The first-order chi connectivity index (χ1) is 16.4. The molecular formula is C23H22BrFN6O3. The Kier molecular flexibility index (Phi) is 5.51. The third-order valence-corrected chi connectivity index (χ3v) is 6.89. The van der Waals surface area contributed by atoms with E-state index in [-0.39, 0.29) is 11.7 Å². The van der Waals surface area contributed by atoms with Gasteiger partial charge in [-0.2, -0.15) is 15.0 Å². The zero-order chi connectivity index (χ0) is 24.0. The van der Waals surface area contributed by atoms with Crippen molar-refractivity contribution in [3.63, 3.8) is 0 Å². The van der Waals surface area contributed by atoms with Gasteiger partial charge in [0.2, 0.25) is 0 Å². The Hall–Kier alpha value is -3.47. The van der Waals surface area contributed by atoms with Gasteiger partial charge in [-0.25, -0.2) is 9.37 Å². The predicted octanol–water partition coefficient (Wildman–Crippen LogP) is 4.21. The lowest BCUT2D eigenvalue weighted by molar-refractivity contribution is 0.0605. The second-order valence-corrected chi connectivity index (χ2v) is 9.10. The second-order valence-electron chi connectivity index (χ2n) is 8.25. The van der Waals surface area contributed by atoms with E-state index in [9.17, 15) is 9.18 Å². The number of amides is 1. The van der Waals surface area contributed by atoms with Crippen LogP contribution < -0.4 is 9.47 Å². The van der Waals surface area contributed by atoms with Gasteiger partial charge < -0.3 is 19.4 Å². The molecule has 9 nitrogen and oxygen atoms in total. The number of methoxy groups -OCH3 is 2. The largest absolute Gasteiger partial charge is 0.493 e. The highest BCUT2D eigenvalue weighted by Crippen LogP contribution is 2.41. The molecule has 1 unspecified atom stereocenters. The van der Waals surface area contributed by atoms with E-state index >= 15 is 0 Å². The average molecular weight is 529 g/mol. The van der Waals surface area contributed by atoms with Crippen molar-refractivity contribution in [2.24, 2.45) is 0 Å². The van der Waals surface area contributed by atoms with Crippen LogP contribution in [0.5, 0.6) is 11.5 Å². The Morgan fingerprint density at radius 2 is 1.85 bits per heavy atom. The lowest BCUT2D eigenvalue weighted by atomic mass is 9.97. The van der Waals surface area contributed by atoms with Crippen LogP contribution in [-0.4, -0.2) is 56.5 Å². The molecule has 176 valence electrons. The maximum atomic E-state index is 14.1. The number of aromatic amines is 1. The molecule has 1 atom stereocenters. The van der Waals surface area contributed by atoms with Crippen LogP contribution in [0.2, 0.25) is 0 Å². The molecule has 3 heterocycles. The molecule has 2 aromatic carbocycles. The van der Waals surface area contributed by atoms with Gasteiger partial charge in [-0.3, -0.25) is 4.79 Å². The van der Waals surface area contributed by atoms with Gasteiger partial charge in [0.05, 0.1) is 53.2 Å². The van der Waals surface area contributed by atoms with Crippen molar-refractivity contribution in [3.8, 4) is 17.2 Å². The first-order valence-electron chi connectivity index (χ1n) is 10.7. The fourth-order valence-corrected chi connectivity index (χ4v) is 4.82. The minimum atomic E-state index is -0.721. The Bertz CT molecular complexity index is 1350. The molecule has 1 saturated heterocycles. The van der Waals surface area contributed by atoms with Gasteiger partial charge >= 0.3 is 0 Å². The van der Waals surface area contributed by atoms with Gasteiger partial charge in [-0.1, -0.05) is 0 Å². The zero-order valence-electron chi connectivity index (χ0n) is 18.8. The van der Waals surface area contributed by atoms with Crippen molar-refractivity contribution < 1.29 is 18.7 Å². The molecule has 1 fully saturated rings. The molecule has 4 aromatic rings. The summed E-state index contributed by atoms with van der Waals surface area (Å²) in [4.78, 5) is 25.1. The Morgan fingerprint density at radius 1 is 1.15 bits per heavy atom. The maximum absolute atomic E-state index is 14.1. The zero-order valence-corrected chi connectivity index (χ0v) is 20.4. The van der Waals surface area contributed by atoms with Crippen LogP contribution in [0.15, 0.2) is 41.1 Å². The number of carbonyl (C=O) groups is 1. The number of ether oxygens (including phenoxy) is 2. The van der Waals surface area contributed by atoms with Gasteiger partial charge in [0.25, 0.3) is 5.91 Å². The van der Waals surface area contributed by atoms with E-state index in [1.54, 1.807) is 23.1 Å². The molecule has 0 bridgehead atoms. The standard InChI is InChI=1S/C23H22BrFN6O3/c1-23(22-28-16-10-14(24)15(25)11-17(16)29-22)5-4-8-30(23)21(32)13-9-19(33-2)20(34-3)12-18(13)31-26-6-7-27-31/h6-7,9-12H,4-5,8H2,1-3H3,(H,28,29). The minimum absolute atomic E-state index is 0.221. The van der Waals surface area contributed by atoms with Gasteiger partial charge in [0, 0.05) is 18.7 Å².